The average molecular weight is 341 g/mol. The van der Waals surface area contributed by atoms with Gasteiger partial charge in [0.25, 0.3) is 0 Å². The number of hydrogen-bond donors (Lipinski definition) is 1. The van der Waals surface area contributed by atoms with Crippen LogP contribution in [0.5, 0.6) is 11.5 Å². The summed E-state index contributed by atoms with van der Waals surface area (Å²) in [5.74, 6) is 1.64. The van der Waals surface area contributed by atoms with Crippen LogP contribution in [0.3, 0.4) is 0 Å². The number of carbonyl (C=O) groups excluding carboxylic acids is 1. The fraction of sp³-hybridized carbons (Fsp3) is 0.381. The number of ether oxygens (including phenoxy) is 2. The minimum absolute atomic E-state index is 0.0609. The number of rotatable bonds is 9. The van der Waals surface area contributed by atoms with Gasteiger partial charge in [-0.05, 0) is 49.6 Å². The summed E-state index contributed by atoms with van der Waals surface area (Å²) in [5, 5.41) is 3.11. The lowest BCUT2D eigenvalue weighted by Gasteiger charge is -2.18. The maximum atomic E-state index is 12.2. The molecule has 4 heteroatoms. The first-order chi connectivity index (χ1) is 12.1. The number of methoxy groups -OCH3 is 1. The Morgan fingerprint density at radius 1 is 1.04 bits per heavy atom. The van der Waals surface area contributed by atoms with Crippen molar-refractivity contribution in [2.75, 3.05) is 13.7 Å². The van der Waals surface area contributed by atoms with Crippen molar-refractivity contribution in [2.24, 2.45) is 0 Å². The van der Waals surface area contributed by atoms with E-state index >= 15 is 0 Å². The molecule has 1 N–H and O–H groups in total. The monoisotopic (exact) mass is 341 g/mol. The van der Waals surface area contributed by atoms with E-state index in [9.17, 15) is 4.79 Å². The van der Waals surface area contributed by atoms with Crippen LogP contribution >= 0.6 is 0 Å². The van der Waals surface area contributed by atoms with Crippen LogP contribution in [0.1, 0.15) is 43.4 Å². The van der Waals surface area contributed by atoms with Crippen LogP contribution in [0, 0.1) is 6.92 Å². The van der Waals surface area contributed by atoms with E-state index in [1.807, 2.05) is 24.3 Å². The van der Waals surface area contributed by atoms with Crippen molar-refractivity contribution in [2.45, 2.75) is 39.2 Å². The number of amides is 1. The number of nitrogens with one attached hydrogen (secondary N) is 1. The molecule has 0 heterocycles. The molecule has 134 valence electrons. The van der Waals surface area contributed by atoms with Gasteiger partial charge < -0.3 is 14.8 Å². The van der Waals surface area contributed by atoms with Gasteiger partial charge in [0.05, 0.1) is 19.8 Å². The van der Waals surface area contributed by atoms with Gasteiger partial charge in [0, 0.05) is 6.42 Å². The second-order valence-electron chi connectivity index (χ2n) is 6.07. The highest BCUT2D eigenvalue weighted by Gasteiger charge is 2.12. The molecule has 0 aliphatic heterocycles. The standard InChI is InChI=1S/C21H27NO3/c1-4-20(17-9-7-16(2)8-10-17)22-21(23)6-5-15-25-19-13-11-18(24-3)12-14-19/h7-14,20H,4-6,15H2,1-3H3,(H,22,23)/t20-/m1/s1. The molecular formula is C21H27NO3. The van der Waals surface area contributed by atoms with Crippen molar-refractivity contribution < 1.29 is 14.3 Å². The minimum Gasteiger partial charge on any atom is -0.497 e. The molecule has 0 aliphatic carbocycles. The van der Waals surface area contributed by atoms with Crippen LogP contribution in [0.2, 0.25) is 0 Å². The first-order valence-corrected chi connectivity index (χ1v) is 8.75. The summed E-state index contributed by atoms with van der Waals surface area (Å²) in [4.78, 5) is 12.2. The van der Waals surface area contributed by atoms with Crippen molar-refractivity contribution >= 4 is 5.91 Å². The van der Waals surface area contributed by atoms with Crippen LogP contribution < -0.4 is 14.8 Å². The van der Waals surface area contributed by atoms with Gasteiger partial charge in [0.1, 0.15) is 11.5 Å². The summed E-state index contributed by atoms with van der Waals surface area (Å²) < 4.78 is 10.8. The Morgan fingerprint density at radius 2 is 1.68 bits per heavy atom. The second kappa shape index (κ2) is 9.72. The van der Waals surface area contributed by atoms with Crippen LogP contribution in [0.4, 0.5) is 0 Å². The van der Waals surface area contributed by atoms with E-state index in [1.165, 1.54) is 5.56 Å². The Bertz CT molecular complexity index is 650. The fourth-order valence-electron chi connectivity index (χ4n) is 2.58. The quantitative estimate of drug-likeness (QED) is 0.686. The molecule has 0 radical (unpaired) electrons. The summed E-state index contributed by atoms with van der Waals surface area (Å²) in [6, 6.07) is 15.8. The van der Waals surface area contributed by atoms with Crippen LogP contribution in [-0.4, -0.2) is 19.6 Å². The zero-order valence-electron chi connectivity index (χ0n) is 15.2. The summed E-state index contributed by atoms with van der Waals surface area (Å²) in [5.41, 5.74) is 2.37. The van der Waals surface area contributed by atoms with Gasteiger partial charge in [-0.15, -0.1) is 0 Å². The fourth-order valence-corrected chi connectivity index (χ4v) is 2.58. The smallest absolute Gasteiger partial charge is 0.220 e. The molecule has 2 rings (SSSR count). The number of benzene rings is 2. The Hall–Kier alpha value is -2.49. The van der Waals surface area contributed by atoms with Gasteiger partial charge >= 0.3 is 0 Å². The average Bonchev–Trinajstić information content (AvgIpc) is 2.64. The van der Waals surface area contributed by atoms with Crippen molar-refractivity contribution in [1.29, 1.82) is 0 Å². The van der Waals surface area contributed by atoms with E-state index in [0.717, 1.165) is 23.5 Å². The molecule has 0 spiro atoms. The molecular weight excluding hydrogens is 314 g/mol. The van der Waals surface area contributed by atoms with Crippen LogP contribution in [0.25, 0.3) is 0 Å². The highest BCUT2D eigenvalue weighted by Crippen LogP contribution is 2.18. The molecule has 1 atom stereocenters. The first kappa shape index (κ1) is 18.8. The topological polar surface area (TPSA) is 47.6 Å². The van der Waals surface area contributed by atoms with Crippen molar-refractivity contribution in [3.63, 3.8) is 0 Å². The maximum Gasteiger partial charge on any atom is 0.220 e. The lowest BCUT2D eigenvalue weighted by atomic mass is 10.0. The molecule has 0 bridgehead atoms. The normalized spacial score (nSPS) is 11.6. The van der Waals surface area contributed by atoms with Crippen LogP contribution in [0.15, 0.2) is 48.5 Å². The molecule has 0 fully saturated rings. The van der Waals surface area contributed by atoms with Gasteiger partial charge in [-0.3, -0.25) is 4.79 Å². The SMILES string of the molecule is CC[C@@H](NC(=O)CCCOc1ccc(OC)cc1)c1ccc(C)cc1. The Balaban J connectivity index is 1.72. The highest BCUT2D eigenvalue weighted by atomic mass is 16.5. The summed E-state index contributed by atoms with van der Waals surface area (Å²) >= 11 is 0. The molecule has 2 aromatic carbocycles. The van der Waals surface area contributed by atoms with E-state index in [1.54, 1.807) is 7.11 Å². The third kappa shape index (κ3) is 6.14. The molecule has 0 unspecified atom stereocenters. The largest absolute Gasteiger partial charge is 0.497 e. The lowest BCUT2D eigenvalue weighted by molar-refractivity contribution is -0.122. The van der Waals surface area contributed by atoms with Gasteiger partial charge in [0.15, 0.2) is 0 Å². The third-order valence-corrected chi connectivity index (χ3v) is 4.10. The van der Waals surface area contributed by atoms with Gasteiger partial charge in [-0.25, -0.2) is 0 Å². The Labute approximate surface area is 150 Å². The van der Waals surface area contributed by atoms with Gasteiger partial charge in [0.2, 0.25) is 5.91 Å². The van der Waals surface area contributed by atoms with E-state index in [-0.39, 0.29) is 11.9 Å². The molecule has 0 aliphatic rings. The number of hydrogen-bond acceptors (Lipinski definition) is 3. The van der Waals surface area contributed by atoms with Crippen molar-refractivity contribution in [3.05, 3.63) is 59.7 Å². The molecule has 25 heavy (non-hydrogen) atoms. The maximum absolute atomic E-state index is 12.2. The second-order valence-corrected chi connectivity index (χ2v) is 6.07. The molecule has 0 saturated carbocycles. The minimum atomic E-state index is 0.0609. The molecule has 4 nitrogen and oxygen atoms in total. The predicted octanol–water partition coefficient (Wildman–Crippen LogP) is 4.43. The van der Waals surface area contributed by atoms with Crippen molar-refractivity contribution in [3.8, 4) is 11.5 Å². The molecule has 0 aromatic heterocycles. The van der Waals surface area contributed by atoms with Gasteiger partial charge in [-0.2, -0.15) is 0 Å². The number of carbonyl (C=O) groups is 1. The van der Waals surface area contributed by atoms with E-state index in [2.05, 4.69) is 43.4 Å². The zero-order chi connectivity index (χ0) is 18.1. The summed E-state index contributed by atoms with van der Waals surface area (Å²) in [7, 11) is 1.63. The lowest BCUT2D eigenvalue weighted by Crippen LogP contribution is -2.28. The van der Waals surface area contributed by atoms with E-state index in [0.29, 0.717) is 19.4 Å². The first-order valence-electron chi connectivity index (χ1n) is 8.75. The Morgan fingerprint density at radius 3 is 2.28 bits per heavy atom. The predicted molar refractivity (Wildman–Crippen MR) is 100 cm³/mol. The van der Waals surface area contributed by atoms with E-state index in [4.69, 9.17) is 9.47 Å². The molecule has 1 amide bonds. The van der Waals surface area contributed by atoms with Gasteiger partial charge in [-0.1, -0.05) is 36.8 Å². The van der Waals surface area contributed by atoms with Crippen LogP contribution in [-0.2, 0) is 4.79 Å². The Kier molecular flexibility index (Phi) is 7.33. The molecule has 2 aromatic rings. The van der Waals surface area contributed by atoms with Crippen molar-refractivity contribution in [1.82, 2.24) is 5.32 Å². The number of aryl methyl sites for hydroxylation is 1. The molecule has 0 saturated heterocycles. The van der Waals surface area contributed by atoms with E-state index < -0.39 is 0 Å². The highest BCUT2D eigenvalue weighted by molar-refractivity contribution is 5.76. The third-order valence-electron chi connectivity index (χ3n) is 4.10. The zero-order valence-corrected chi connectivity index (χ0v) is 15.2. The summed E-state index contributed by atoms with van der Waals surface area (Å²) in [6.07, 6.45) is 2.01. The summed E-state index contributed by atoms with van der Waals surface area (Å²) in [6.45, 7) is 4.66.